The number of carbonyl (C=O) groups is 2. The largest absolute Gasteiger partial charge is 0.406 e. The number of amides is 3. The molecule has 0 aliphatic heterocycles. The number of urea groups is 1. The molecule has 158 valence electrons. The van der Waals surface area contributed by atoms with E-state index in [4.69, 9.17) is 0 Å². The fourth-order valence-electron chi connectivity index (χ4n) is 2.16. The number of nitrogens with one attached hydrogen (secondary N) is 2. The summed E-state index contributed by atoms with van der Waals surface area (Å²) >= 11 is 0.615. The highest BCUT2D eigenvalue weighted by Crippen LogP contribution is 2.29. The van der Waals surface area contributed by atoms with Crippen molar-refractivity contribution in [3.05, 3.63) is 36.5 Å². The van der Waals surface area contributed by atoms with Gasteiger partial charge in [0.25, 0.3) is 0 Å². The van der Waals surface area contributed by atoms with Gasteiger partial charge in [0.1, 0.15) is 13.1 Å². The van der Waals surface area contributed by atoms with Gasteiger partial charge in [-0.05, 0) is 5.56 Å². The van der Waals surface area contributed by atoms with Gasteiger partial charge in [-0.2, -0.15) is 26.3 Å². The molecule has 13 heteroatoms. The standard InChI is InChI=1S/C16H14F6N4O2S/c17-15(18,19)8-24-13(28)25-12(27)7-29-14-23-6-11(10-4-2-1-3-5-10)26(14)9-16(20,21)22/h1-6H,7-9H2,(H2,24,25,27,28). The average Bonchev–Trinajstić information content (AvgIpc) is 2.99. The monoisotopic (exact) mass is 440 g/mol. The highest BCUT2D eigenvalue weighted by atomic mass is 32.2. The normalized spacial score (nSPS) is 11.9. The fourth-order valence-corrected chi connectivity index (χ4v) is 2.94. The second-order valence-electron chi connectivity index (χ2n) is 5.63. The van der Waals surface area contributed by atoms with E-state index >= 15 is 0 Å². The summed E-state index contributed by atoms with van der Waals surface area (Å²) in [6, 6.07) is 6.79. The molecule has 0 saturated heterocycles. The Morgan fingerprint density at radius 1 is 1.03 bits per heavy atom. The van der Waals surface area contributed by atoms with E-state index in [1.54, 1.807) is 35.6 Å². The molecule has 0 aliphatic carbocycles. The molecule has 2 aromatic rings. The summed E-state index contributed by atoms with van der Waals surface area (Å²) in [5.41, 5.74) is 0.654. The van der Waals surface area contributed by atoms with Crippen molar-refractivity contribution in [3.63, 3.8) is 0 Å². The van der Waals surface area contributed by atoms with Gasteiger partial charge in [-0.25, -0.2) is 9.78 Å². The molecular formula is C16H14F6N4O2S. The number of benzene rings is 1. The van der Waals surface area contributed by atoms with Gasteiger partial charge in [-0.1, -0.05) is 42.1 Å². The molecule has 2 rings (SSSR count). The molecule has 3 amide bonds. The van der Waals surface area contributed by atoms with E-state index in [2.05, 4.69) is 4.98 Å². The van der Waals surface area contributed by atoms with Crippen molar-refractivity contribution in [1.82, 2.24) is 20.2 Å². The van der Waals surface area contributed by atoms with E-state index in [-0.39, 0.29) is 10.9 Å². The second kappa shape index (κ2) is 9.20. The predicted octanol–water partition coefficient (Wildman–Crippen LogP) is 3.59. The third kappa shape index (κ3) is 7.68. The van der Waals surface area contributed by atoms with Crippen molar-refractivity contribution in [2.24, 2.45) is 0 Å². The van der Waals surface area contributed by atoms with Crippen molar-refractivity contribution in [2.75, 3.05) is 12.3 Å². The summed E-state index contributed by atoms with van der Waals surface area (Å²) in [5, 5.41) is 2.97. The zero-order chi connectivity index (χ0) is 21.7. The van der Waals surface area contributed by atoms with Crippen LogP contribution in [0.4, 0.5) is 31.1 Å². The number of hydrogen-bond acceptors (Lipinski definition) is 4. The molecule has 29 heavy (non-hydrogen) atoms. The van der Waals surface area contributed by atoms with Gasteiger partial charge in [0, 0.05) is 0 Å². The lowest BCUT2D eigenvalue weighted by molar-refractivity contribution is -0.141. The number of alkyl halides is 6. The van der Waals surface area contributed by atoms with Crippen molar-refractivity contribution in [3.8, 4) is 11.3 Å². The topological polar surface area (TPSA) is 76.0 Å². The average molecular weight is 440 g/mol. The van der Waals surface area contributed by atoms with E-state index in [1.807, 2.05) is 0 Å². The van der Waals surface area contributed by atoms with E-state index in [9.17, 15) is 35.9 Å². The van der Waals surface area contributed by atoms with Gasteiger partial charge in [-0.15, -0.1) is 0 Å². The van der Waals surface area contributed by atoms with Gasteiger partial charge < -0.3 is 9.88 Å². The summed E-state index contributed by atoms with van der Waals surface area (Å²) in [5.74, 6) is -1.51. The van der Waals surface area contributed by atoms with E-state index in [0.717, 1.165) is 4.57 Å². The molecule has 1 aromatic heterocycles. The van der Waals surface area contributed by atoms with E-state index < -0.39 is 43.1 Å². The molecule has 2 N–H and O–H groups in total. The van der Waals surface area contributed by atoms with Crippen LogP contribution >= 0.6 is 11.8 Å². The summed E-state index contributed by atoms with van der Waals surface area (Å²) in [4.78, 5) is 26.8. The Bertz CT molecular complexity index is 851. The first-order valence-electron chi connectivity index (χ1n) is 7.89. The number of halogens is 6. The number of carbonyl (C=O) groups excluding carboxylic acids is 2. The molecule has 0 bridgehead atoms. The third-order valence-corrected chi connectivity index (χ3v) is 4.25. The van der Waals surface area contributed by atoms with Crippen LogP contribution in [0.2, 0.25) is 0 Å². The molecule has 0 aliphatic rings. The van der Waals surface area contributed by atoms with Crippen LogP contribution in [0.3, 0.4) is 0 Å². The minimum absolute atomic E-state index is 0.132. The van der Waals surface area contributed by atoms with Crippen molar-refractivity contribution < 1.29 is 35.9 Å². The SMILES string of the molecule is O=C(CSc1ncc(-c2ccccc2)n1CC(F)(F)F)NC(=O)NCC(F)(F)F. The molecule has 0 fully saturated rings. The Morgan fingerprint density at radius 2 is 1.69 bits per heavy atom. The quantitative estimate of drug-likeness (QED) is 0.532. The van der Waals surface area contributed by atoms with Crippen molar-refractivity contribution in [2.45, 2.75) is 24.1 Å². The lowest BCUT2D eigenvalue weighted by Gasteiger charge is -2.14. The predicted molar refractivity (Wildman–Crippen MR) is 92.0 cm³/mol. The van der Waals surface area contributed by atoms with Gasteiger partial charge in [0.2, 0.25) is 5.91 Å². The Balaban J connectivity index is 2.05. The number of rotatable bonds is 6. The first kappa shape index (κ1) is 22.6. The van der Waals surface area contributed by atoms with Crippen LogP contribution in [0.1, 0.15) is 0 Å². The molecule has 0 saturated carbocycles. The first-order valence-corrected chi connectivity index (χ1v) is 8.88. The molecule has 0 unspecified atom stereocenters. The van der Waals surface area contributed by atoms with E-state index in [1.165, 1.54) is 11.5 Å². The lowest BCUT2D eigenvalue weighted by atomic mass is 10.2. The van der Waals surface area contributed by atoms with Gasteiger partial charge in [-0.3, -0.25) is 10.1 Å². The second-order valence-corrected chi connectivity index (χ2v) is 6.57. The van der Waals surface area contributed by atoms with Gasteiger partial charge in [0.05, 0.1) is 17.6 Å². The molecular weight excluding hydrogens is 426 g/mol. The summed E-state index contributed by atoms with van der Waals surface area (Å²) in [6.45, 7) is -2.98. The Labute approximate surface area is 164 Å². The Kier molecular flexibility index (Phi) is 7.16. The zero-order valence-corrected chi connectivity index (χ0v) is 15.3. The number of imide groups is 1. The van der Waals surface area contributed by atoms with Crippen molar-refractivity contribution in [1.29, 1.82) is 0 Å². The maximum Gasteiger partial charge on any atom is 0.406 e. The maximum atomic E-state index is 13.0. The smallest absolute Gasteiger partial charge is 0.329 e. The minimum atomic E-state index is -4.65. The minimum Gasteiger partial charge on any atom is -0.329 e. The molecule has 1 aromatic carbocycles. The van der Waals surface area contributed by atoms with Crippen molar-refractivity contribution >= 4 is 23.7 Å². The van der Waals surface area contributed by atoms with E-state index in [0.29, 0.717) is 17.3 Å². The van der Waals surface area contributed by atoms with Crippen LogP contribution < -0.4 is 10.6 Å². The van der Waals surface area contributed by atoms with Crippen LogP contribution in [0.15, 0.2) is 41.7 Å². The Morgan fingerprint density at radius 3 is 2.28 bits per heavy atom. The fraction of sp³-hybridized carbons (Fsp3) is 0.312. The lowest BCUT2D eigenvalue weighted by Crippen LogP contribution is -2.43. The third-order valence-electron chi connectivity index (χ3n) is 3.26. The highest BCUT2D eigenvalue weighted by Gasteiger charge is 2.31. The van der Waals surface area contributed by atoms with Crippen LogP contribution in [-0.2, 0) is 11.3 Å². The Hall–Kier alpha value is -2.70. The highest BCUT2D eigenvalue weighted by molar-refractivity contribution is 7.99. The maximum absolute atomic E-state index is 13.0. The summed E-state index contributed by atoms with van der Waals surface area (Å²) in [6.07, 6.45) is -7.98. The number of imidazole rings is 1. The number of thioether (sulfide) groups is 1. The molecule has 0 atom stereocenters. The zero-order valence-electron chi connectivity index (χ0n) is 14.5. The van der Waals surface area contributed by atoms with Crippen LogP contribution in [0.25, 0.3) is 11.3 Å². The molecule has 6 nitrogen and oxygen atoms in total. The molecule has 0 radical (unpaired) electrons. The molecule has 0 spiro atoms. The molecule has 1 heterocycles. The summed E-state index contributed by atoms with van der Waals surface area (Å²) < 4.78 is 75.8. The van der Waals surface area contributed by atoms with Gasteiger partial charge in [0.15, 0.2) is 5.16 Å². The summed E-state index contributed by atoms with van der Waals surface area (Å²) in [7, 11) is 0. The van der Waals surface area contributed by atoms with Crippen LogP contribution in [-0.4, -0.2) is 46.1 Å². The van der Waals surface area contributed by atoms with Crippen LogP contribution in [0.5, 0.6) is 0 Å². The van der Waals surface area contributed by atoms with Crippen LogP contribution in [0, 0.1) is 0 Å². The number of hydrogen-bond donors (Lipinski definition) is 2. The first-order chi connectivity index (χ1) is 13.4. The van der Waals surface area contributed by atoms with Gasteiger partial charge >= 0.3 is 18.4 Å². The number of aromatic nitrogens is 2. The number of nitrogens with zero attached hydrogens (tertiary/aromatic N) is 2.